The zero-order chi connectivity index (χ0) is 9.80. The van der Waals surface area contributed by atoms with Crippen molar-refractivity contribution >= 4 is 11.2 Å². The maximum absolute atomic E-state index is 5.36. The minimum atomic E-state index is 0.574. The zero-order valence-corrected chi connectivity index (χ0v) is 7.80. The Morgan fingerprint density at radius 3 is 3.14 bits per heavy atom. The Morgan fingerprint density at radius 2 is 2.29 bits per heavy atom. The van der Waals surface area contributed by atoms with E-state index < -0.39 is 0 Å². The second kappa shape index (κ2) is 4.02. The summed E-state index contributed by atoms with van der Waals surface area (Å²) in [6.45, 7) is 1.37. The van der Waals surface area contributed by atoms with Crippen molar-refractivity contribution in [3.05, 3.63) is 36.8 Å². The lowest BCUT2D eigenvalue weighted by Gasteiger charge is -1.97. The maximum atomic E-state index is 5.36. The third-order valence-corrected chi connectivity index (χ3v) is 2.00. The van der Waals surface area contributed by atoms with Crippen LogP contribution in [0.25, 0.3) is 11.2 Å². The number of pyridine rings is 1. The second-order valence-electron chi connectivity index (χ2n) is 2.95. The molecule has 2 aromatic rings. The van der Waals surface area contributed by atoms with Gasteiger partial charge in [-0.05, 0) is 12.1 Å². The molecule has 2 N–H and O–H groups in total. The molecule has 2 heterocycles. The Morgan fingerprint density at radius 1 is 1.36 bits per heavy atom. The second-order valence-corrected chi connectivity index (χ2v) is 2.95. The van der Waals surface area contributed by atoms with Crippen molar-refractivity contribution in [1.29, 1.82) is 0 Å². The average Bonchev–Trinajstić information content (AvgIpc) is 2.63. The molecular formula is C10H12N4. The zero-order valence-electron chi connectivity index (χ0n) is 7.80. The van der Waals surface area contributed by atoms with Crippen LogP contribution in [0.1, 0.15) is 0 Å². The largest absolute Gasteiger partial charge is 0.327 e. The number of aromatic nitrogens is 3. The molecule has 0 bridgehead atoms. The average molecular weight is 188 g/mol. The number of hydrogen-bond acceptors (Lipinski definition) is 3. The van der Waals surface area contributed by atoms with E-state index in [1.165, 1.54) is 0 Å². The Hall–Kier alpha value is -1.68. The van der Waals surface area contributed by atoms with Gasteiger partial charge in [0.15, 0.2) is 5.65 Å². The van der Waals surface area contributed by atoms with E-state index >= 15 is 0 Å². The molecule has 0 spiro atoms. The van der Waals surface area contributed by atoms with Crippen molar-refractivity contribution < 1.29 is 0 Å². The molecule has 72 valence electrons. The molecule has 0 saturated carbocycles. The summed E-state index contributed by atoms with van der Waals surface area (Å²) in [6.07, 6.45) is 7.49. The topological polar surface area (TPSA) is 56.7 Å². The summed E-state index contributed by atoms with van der Waals surface area (Å²) in [5.74, 6) is 0. The highest BCUT2D eigenvalue weighted by Crippen LogP contribution is 2.08. The molecule has 0 atom stereocenters. The van der Waals surface area contributed by atoms with Crippen molar-refractivity contribution in [2.75, 3.05) is 6.54 Å². The predicted octanol–water partition coefficient (Wildman–Crippen LogP) is 0.946. The summed E-state index contributed by atoms with van der Waals surface area (Å²) in [5.41, 5.74) is 7.19. The number of fused-ring (bicyclic) bond motifs is 1. The molecule has 0 unspecified atom stereocenters. The van der Waals surface area contributed by atoms with Crippen LogP contribution in [-0.4, -0.2) is 21.1 Å². The van der Waals surface area contributed by atoms with Crippen LogP contribution in [0.3, 0.4) is 0 Å². The number of nitrogens with zero attached hydrogens (tertiary/aromatic N) is 3. The highest BCUT2D eigenvalue weighted by Gasteiger charge is 1.99. The van der Waals surface area contributed by atoms with Gasteiger partial charge in [0.2, 0.25) is 0 Å². The summed E-state index contributed by atoms with van der Waals surface area (Å²) < 4.78 is 2.04. The van der Waals surface area contributed by atoms with Gasteiger partial charge in [-0.3, -0.25) is 0 Å². The van der Waals surface area contributed by atoms with Gasteiger partial charge in [0.25, 0.3) is 0 Å². The summed E-state index contributed by atoms with van der Waals surface area (Å²) in [4.78, 5) is 8.33. The van der Waals surface area contributed by atoms with Crippen molar-refractivity contribution in [2.24, 2.45) is 5.73 Å². The molecule has 0 fully saturated rings. The first-order valence-electron chi connectivity index (χ1n) is 4.53. The highest BCUT2D eigenvalue weighted by atomic mass is 15.1. The highest BCUT2D eigenvalue weighted by molar-refractivity contribution is 5.70. The fourth-order valence-corrected chi connectivity index (χ4v) is 1.33. The third kappa shape index (κ3) is 1.65. The van der Waals surface area contributed by atoms with E-state index in [4.69, 9.17) is 5.73 Å². The molecule has 0 amide bonds. The number of rotatable bonds is 3. The molecule has 14 heavy (non-hydrogen) atoms. The molecule has 0 aliphatic carbocycles. The van der Waals surface area contributed by atoms with Gasteiger partial charge in [0.1, 0.15) is 0 Å². The standard InChI is InChI=1S/C10H12N4/c11-5-1-2-7-14-8-13-10-9(14)4-3-6-12-10/h1-4,6,8H,5,7,11H2. The Labute approximate surface area is 82.1 Å². The van der Waals surface area contributed by atoms with Crippen molar-refractivity contribution in [3.63, 3.8) is 0 Å². The van der Waals surface area contributed by atoms with Gasteiger partial charge in [0.05, 0.1) is 11.8 Å². The van der Waals surface area contributed by atoms with Crippen LogP contribution < -0.4 is 5.73 Å². The Kier molecular flexibility index (Phi) is 2.55. The Balaban J connectivity index is 2.29. The van der Waals surface area contributed by atoms with Crippen molar-refractivity contribution in [2.45, 2.75) is 6.54 Å². The van der Waals surface area contributed by atoms with Crippen LogP contribution in [0.4, 0.5) is 0 Å². The molecule has 0 aliphatic rings. The molecule has 0 radical (unpaired) electrons. The molecule has 0 aliphatic heterocycles. The fraction of sp³-hybridized carbons (Fsp3) is 0.200. The fourth-order valence-electron chi connectivity index (χ4n) is 1.33. The lowest BCUT2D eigenvalue weighted by atomic mass is 10.4. The van der Waals surface area contributed by atoms with Crippen LogP contribution in [0.5, 0.6) is 0 Å². The summed E-state index contributed by atoms with van der Waals surface area (Å²) in [7, 11) is 0. The predicted molar refractivity (Wildman–Crippen MR) is 55.7 cm³/mol. The van der Waals surface area contributed by atoms with E-state index in [9.17, 15) is 0 Å². The van der Waals surface area contributed by atoms with Crippen molar-refractivity contribution in [1.82, 2.24) is 14.5 Å². The quantitative estimate of drug-likeness (QED) is 0.729. The molecular weight excluding hydrogens is 176 g/mol. The van der Waals surface area contributed by atoms with Crippen LogP contribution in [-0.2, 0) is 6.54 Å². The lowest BCUT2D eigenvalue weighted by molar-refractivity contribution is 0.847. The first-order chi connectivity index (χ1) is 6.92. The van der Waals surface area contributed by atoms with Crippen LogP contribution in [0.2, 0.25) is 0 Å². The SMILES string of the molecule is NCC=CCn1cnc2ncccc21. The summed E-state index contributed by atoms with van der Waals surface area (Å²) in [6, 6.07) is 3.92. The van der Waals surface area contributed by atoms with Gasteiger partial charge in [-0.15, -0.1) is 0 Å². The van der Waals surface area contributed by atoms with E-state index in [2.05, 4.69) is 9.97 Å². The smallest absolute Gasteiger partial charge is 0.177 e. The lowest BCUT2D eigenvalue weighted by Crippen LogP contribution is -1.96. The van der Waals surface area contributed by atoms with Gasteiger partial charge in [0, 0.05) is 19.3 Å². The molecule has 2 aromatic heterocycles. The molecule has 4 heteroatoms. The van der Waals surface area contributed by atoms with Crippen LogP contribution >= 0.6 is 0 Å². The van der Waals surface area contributed by atoms with E-state index in [-0.39, 0.29) is 0 Å². The minimum Gasteiger partial charge on any atom is -0.327 e. The van der Waals surface area contributed by atoms with Crippen molar-refractivity contribution in [3.8, 4) is 0 Å². The van der Waals surface area contributed by atoms with E-state index in [1.54, 1.807) is 12.5 Å². The van der Waals surface area contributed by atoms with Gasteiger partial charge in [-0.2, -0.15) is 0 Å². The van der Waals surface area contributed by atoms with E-state index in [0.717, 1.165) is 17.7 Å². The molecule has 4 nitrogen and oxygen atoms in total. The monoisotopic (exact) mass is 188 g/mol. The van der Waals surface area contributed by atoms with Gasteiger partial charge < -0.3 is 10.3 Å². The van der Waals surface area contributed by atoms with E-state index in [1.807, 2.05) is 28.9 Å². The normalized spacial score (nSPS) is 11.5. The molecule has 0 aromatic carbocycles. The number of allylic oxidation sites excluding steroid dienone is 1. The maximum Gasteiger partial charge on any atom is 0.177 e. The minimum absolute atomic E-state index is 0.574. The van der Waals surface area contributed by atoms with Gasteiger partial charge in [-0.25, -0.2) is 9.97 Å². The van der Waals surface area contributed by atoms with E-state index in [0.29, 0.717) is 6.54 Å². The number of hydrogen-bond donors (Lipinski definition) is 1. The summed E-state index contributed by atoms with van der Waals surface area (Å²) >= 11 is 0. The van der Waals surface area contributed by atoms with Gasteiger partial charge in [-0.1, -0.05) is 12.2 Å². The summed E-state index contributed by atoms with van der Waals surface area (Å²) in [5, 5.41) is 0. The van der Waals surface area contributed by atoms with Crippen LogP contribution in [0, 0.1) is 0 Å². The number of imidazole rings is 1. The first kappa shape index (κ1) is 8.90. The van der Waals surface area contributed by atoms with Gasteiger partial charge >= 0.3 is 0 Å². The molecule has 2 rings (SSSR count). The molecule has 0 saturated heterocycles. The number of nitrogens with two attached hydrogens (primary N) is 1. The third-order valence-electron chi connectivity index (χ3n) is 2.00. The first-order valence-corrected chi connectivity index (χ1v) is 4.53. The van der Waals surface area contributed by atoms with Crippen LogP contribution in [0.15, 0.2) is 36.8 Å². The Bertz CT molecular complexity index is 444.